The van der Waals surface area contributed by atoms with Crippen LogP contribution in [0.4, 0.5) is 0 Å². The second-order valence-corrected chi connectivity index (χ2v) is 10.3. The van der Waals surface area contributed by atoms with Crippen LogP contribution in [0.3, 0.4) is 0 Å². The molecular weight excluding hydrogens is 414 g/mol. The largest absolute Gasteiger partial charge is 0.500 e. The molecule has 1 aromatic carbocycles. The van der Waals surface area contributed by atoms with Gasteiger partial charge in [0, 0.05) is 42.1 Å². The van der Waals surface area contributed by atoms with Crippen LogP contribution in [0, 0.1) is 5.92 Å². The number of carbonyl (C=O) groups excluding carboxylic acids is 1. The summed E-state index contributed by atoms with van der Waals surface area (Å²) in [5, 5.41) is 5.16. The molecule has 2 aliphatic heterocycles. The van der Waals surface area contributed by atoms with E-state index in [1.165, 1.54) is 11.1 Å². The fourth-order valence-electron chi connectivity index (χ4n) is 5.40. The van der Waals surface area contributed by atoms with Gasteiger partial charge in [-0.1, -0.05) is 24.3 Å². The number of rotatable bonds is 6. The molecule has 0 atom stereocenters. The van der Waals surface area contributed by atoms with E-state index in [9.17, 15) is 4.79 Å². The van der Waals surface area contributed by atoms with E-state index in [1.54, 1.807) is 7.11 Å². The van der Waals surface area contributed by atoms with Crippen molar-refractivity contribution in [3.05, 3.63) is 51.7 Å². The van der Waals surface area contributed by atoms with Crippen molar-refractivity contribution in [2.24, 2.45) is 5.92 Å². The fourth-order valence-corrected chi connectivity index (χ4v) is 5.40. The fraction of sp³-hybridized carbons (Fsp3) is 0.519. The van der Waals surface area contributed by atoms with Gasteiger partial charge in [0.15, 0.2) is 0 Å². The number of carbonyl (C=O) groups is 1. The van der Waals surface area contributed by atoms with Gasteiger partial charge >= 0.3 is 0 Å². The van der Waals surface area contributed by atoms with Crippen LogP contribution < -0.4 is 20.6 Å². The Bertz CT molecular complexity index is 1160. The standard InChI is InChI=1S/C27H35N3O3/c1-27(2)15-19-6-4-7-20(25(19)33-27)17-30-12-10-18(11-13-30)16-28-26(31)23-14-21-22(29-23)8-5-9-24(21)32-3/h4,6-8,14,18,29H,5,9-13,15-17H2,1-3H3,(H,28,31). The van der Waals surface area contributed by atoms with Crippen LogP contribution in [0.15, 0.2) is 24.3 Å². The zero-order chi connectivity index (χ0) is 23.0. The zero-order valence-electron chi connectivity index (χ0n) is 20.0. The van der Waals surface area contributed by atoms with Gasteiger partial charge in [-0.15, -0.1) is 0 Å². The molecule has 1 aliphatic carbocycles. The highest BCUT2D eigenvalue weighted by atomic mass is 16.5. The number of para-hydroxylation sites is 1. The van der Waals surface area contributed by atoms with Crippen molar-refractivity contribution in [3.8, 4) is 5.75 Å². The Balaban J connectivity index is 1.13. The zero-order valence-corrected chi connectivity index (χ0v) is 20.0. The van der Waals surface area contributed by atoms with Crippen LogP contribution in [0.2, 0.25) is 0 Å². The van der Waals surface area contributed by atoms with Gasteiger partial charge in [0.1, 0.15) is 22.8 Å². The van der Waals surface area contributed by atoms with Crippen molar-refractivity contribution in [2.75, 3.05) is 26.7 Å². The number of methoxy groups -OCH3 is 1. The minimum atomic E-state index is -0.108. The van der Waals surface area contributed by atoms with Crippen LogP contribution in [0.5, 0.6) is 5.75 Å². The number of hydrogen-bond acceptors (Lipinski definition) is 4. The average Bonchev–Trinajstić information content (AvgIpc) is 3.38. The van der Waals surface area contributed by atoms with Crippen LogP contribution in [0.1, 0.15) is 61.1 Å². The number of amides is 1. The molecule has 1 fully saturated rings. The normalized spacial score (nSPS) is 19.9. The minimum Gasteiger partial charge on any atom is -0.500 e. The summed E-state index contributed by atoms with van der Waals surface area (Å²) in [6, 6.07) is 8.47. The predicted octanol–water partition coefficient (Wildman–Crippen LogP) is 2.70. The second kappa shape index (κ2) is 8.90. The van der Waals surface area contributed by atoms with Crippen LogP contribution in [0.25, 0.3) is 11.8 Å². The molecule has 3 aliphatic rings. The molecule has 0 unspecified atom stereocenters. The van der Waals surface area contributed by atoms with E-state index in [2.05, 4.69) is 53.3 Å². The molecule has 1 aromatic heterocycles. The maximum Gasteiger partial charge on any atom is 0.267 e. The molecule has 0 bridgehead atoms. The number of H-pyrrole nitrogens is 1. The minimum absolute atomic E-state index is 0.0321. The first-order valence-corrected chi connectivity index (χ1v) is 12.2. The molecule has 5 rings (SSSR count). The lowest BCUT2D eigenvalue weighted by Gasteiger charge is -2.32. The molecule has 1 amide bonds. The lowest BCUT2D eigenvalue weighted by atomic mass is 9.96. The lowest BCUT2D eigenvalue weighted by molar-refractivity contribution is 0.0929. The predicted molar refractivity (Wildman–Crippen MR) is 129 cm³/mol. The number of benzene rings is 1. The number of fused-ring (bicyclic) bond motifs is 2. The number of piperidine rings is 1. The third-order valence-electron chi connectivity index (χ3n) is 7.18. The summed E-state index contributed by atoms with van der Waals surface area (Å²) in [5.41, 5.74) is 3.13. The molecule has 0 spiro atoms. The van der Waals surface area contributed by atoms with E-state index in [-0.39, 0.29) is 11.5 Å². The van der Waals surface area contributed by atoms with E-state index in [1.807, 2.05) is 6.07 Å². The summed E-state index contributed by atoms with van der Waals surface area (Å²) in [7, 11) is 1.70. The van der Waals surface area contributed by atoms with Crippen LogP contribution in [-0.4, -0.2) is 48.1 Å². The lowest BCUT2D eigenvalue weighted by Crippen LogP contribution is -2.38. The molecule has 2 aromatic rings. The number of aromatic nitrogens is 1. The van der Waals surface area contributed by atoms with Gasteiger partial charge in [0.25, 0.3) is 5.91 Å². The SMILES string of the molecule is COC1=c2cc(C(=O)NCC3CCN(Cc4cccc5c4OC(C)(C)C5)CC3)[nH]c2=CCC1. The summed E-state index contributed by atoms with van der Waals surface area (Å²) in [4.78, 5) is 18.5. The average molecular weight is 450 g/mol. The Hall–Kier alpha value is -2.73. The summed E-state index contributed by atoms with van der Waals surface area (Å²) < 4.78 is 11.7. The Morgan fingerprint density at radius 3 is 2.91 bits per heavy atom. The summed E-state index contributed by atoms with van der Waals surface area (Å²) in [6.07, 6.45) is 7.13. The highest BCUT2D eigenvalue weighted by molar-refractivity contribution is 5.92. The van der Waals surface area contributed by atoms with E-state index in [0.29, 0.717) is 11.6 Å². The number of likely N-dealkylation sites (tertiary alicyclic amines) is 1. The Labute approximate surface area is 195 Å². The maximum absolute atomic E-state index is 12.7. The monoisotopic (exact) mass is 449 g/mol. The van der Waals surface area contributed by atoms with Gasteiger partial charge in [-0.2, -0.15) is 0 Å². The van der Waals surface area contributed by atoms with Gasteiger partial charge < -0.3 is 19.8 Å². The summed E-state index contributed by atoms with van der Waals surface area (Å²) in [6.45, 7) is 8.06. The van der Waals surface area contributed by atoms with Gasteiger partial charge in [0.05, 0.1) is 7.11 Å². The number of ether oxygens (including phenoxy) is 2. The molecule has 33 heavy (non-hydrogen) atoms. The second-order valence-electron chi connectivity index (χ2n) is 10.3. The highest BCUT2D eigenvalue weighted by Crippen LogP contribution is 2.38. The first kappa shape index (κ1) is 22.1. The van der Waals surface area contributed by atoms with Crippen molar-refractivity contribution in [2.45, 2.75) is 58.1 Å². The smallest absolute Gasteiger partial charge is 0.267 e. The molecule has 0 radical (unpaired) electrons. The van der Waals surface area contributed by atoms with Gasteiger partial charge in [-0.25, -0.2) is 0 Å². The molecule has 6 heteroatoms. The quantitative estimate of drug-likeness (QED) is 0.712. The number of aromatic amines is 1. The van der Waals surface area contributed by atoms with Gasteiger partial charge in [0.2, 0.25) is 0 Å². The maximum atomic E-state index is 12.7. The van der Waals surface area contributed by atoms with Crippen molar-refractivity contribution < 1.29 is 14.3 Å². The van der Waals surface area contributed by atoms with E-state index < -0.39 is 0 Å². The number of nitrogens with one attached hydrogen (secondary N) is 2. The first-order chi connectivity index (χ1) is 15.9. The van der Waals surface area contributed by atoms with E-state index in [0.717, 1.165) is 80.4 Å². The molecule has 176 valence electrons. The molecule has 0 saturated carbocycles. The Kier molecular flexibility index (Phi) is 5.95. The van der Waals surface area contributed by atoms with Crippen molar-refractivity contribution >= 4 is 17.7 Å². The van der Waals surface area contributed by atoms with Crippen molar-refractivity contribution in [1.29, 1.82) is 0 Å². The van der Waals surface area contributed by atoms with Gasteiger partial charge in [-0.3, -0.25) is 9.69 Å². The van der Waals surface area contributed by atoms with E-state index in [4.69, 9.17) is 9.47 Å². The molecule has 2 N–H and O–H groups in total. The molecular formula is C27H35N3O3. The van der Waals surface area contributed by atoms with Gasteiger partial charge in [-0.05, 0) is 63.7 Å². The van der Waals surface area contributed by atoms with Crippen molar-refractivity contribution in [1.82, 2.24) is 15.2 Å². The number of hydrogen-bond donors (Lipinski definition) is 2. The molecule has 1 saturated heterocycles. The highest BCUT2D eigenvalue weighted by Gasteiger charge is 2.32. The van der Waals surface area contributed by atoms with Crippen molar-refractivity contribution in [3.63, 3.8) is 0 Å². The topological polar surface area (TPSA) is 66.6 Å². The van der Waals surface area contributed by atoms with Crippen LogP contribution >= 0.6 is 0 Å². The van der Waals surface area contributed by atoms with Crippen LogP contribution in [-0.2, 0) is 17.7 Å². The summed E-state index contributed by atoms with van der Waals surface area (Å²) in [5.74, 6) is 2.53. The molecule has 6 nitrogen and oxygen atoms in total. The number of nitrogens with zero attached hydrogens (tertiary/aromatic N) is 1. The van der Waals surface area contributed by atoms with E-state index >= 15 is 0 Å². The third kappa shape index (κ3) is 4.67. The molecule has 3 heterocycles. The summed E-state index contributed by atoms with van der Waals surface area (Å²) >= 11 is 0. The third-order valence-corrected chi connectivity index (χ3v) is 7.18. The first-order valence-electron chi connectivity index (χ1n) is 12.2. The Morgan fingerprint density at radius 2 is 2.12 bits per heavy atom. The Morgan fingerprint density at radius 1 is 1.30 bits per heavy atom.